The molecule has 0 saturated carbocycles. The summed E-state index contributed by atoms with van der Waals surface area (Å²) in [7, 11) is 4.63. The number of nitrogen functional groups attached to an aromatic ring is 1. The van der Waals surface area contributed by atoms with E-state index in [2.05, 4.69) is 90.4 Å². The second-order valence-electron chi connectivity index (χ2n) is 18.2. The topological polar surface area (TPSA) is 279 Å². The van der Waals surface area contributed by atoms with E-state index in [1.165, 1.54) is 37.8 Å². The van der Waals surface area contributed by atoms with Gasteiger partial charge in [0.05, 0.1) is 57.0 Å². The summed E-state index contributed by atoms with van der Waals surface area (Å²) in [6.45, 7) is 9.59. The van der Waals surface area contributed by atoms with Crippen LogP contribution in [0.2, 0.25) is 0 Å². The highest BCUT2D eigenvalue weighted by Crippen LogP contribution is 2.30. The number of aryl methyl sites for hydroxylation is 1. The van der Waals surface area contributed by atoms with E-state index in [1.807, 2.05) is 73.1 Å². The van der Waals surface area contributed by atoms with Gasteiger partial charge in [-0.15, -0.1) is 10.2 Å². The number of anilines is 3. The van der Waals surface area contributed by atoms with Gasteiger partial charge in [-0.3, -0.25) is 15.0 Å². The predicted octanol–water partition coefficient (Wildman–Crippen LogP) is 11.8. The lowest BCUT2D eigenvalue weighted by Gasteiger charge is -2.10. The van der Waals surface area contributed by atoms with Crippen LogP contribution in [0.1, 0.15) is 35.0 Å². The van der Waals surface area contributed by atoms with E-state index in [1.54, 1.807) is 90.1 Å². The Kier molecular flexibility index (Phi) is 19.8. The number of halogens is 3. The van der Waals surface area contributed by atoms with Crippen LogP contribution in [-0.2, 0) is 6.42 Å². The molecule has 11 aromatic heterocycles. The van der Waals surface area contributed by atoms with Crippen LogP contribution in [0.15, 0.2) is 200 Å². The van der Waals surface area contributed by atoms with Gasteiger partial charge in [0, 0.05) is 55.4 Å². The predicted molar refractivity (Wildman–Crippen MR) is 330 cm³/mol. The van der Waals surface area contributed by atoms with Crippen molar-refractivity contribution in [1.82, 2.24) is 64.1 Å². The van der Waals surface area contributed by atoms with E-state index >= 15 is 0 Å². The van der Waals surface area contributed by atoms with Gasteiger partial charge in [-0.2, -0.15) is 4.98 Å². The zero-order valence-corrected chi connectivity index (χ0v) is 47.7. The Bertz CT molecular complexity index is 4420. The molecular formula is C63H55F3N18O4. The second kappa shape index (κ2) is 28.9. The number of nitrogens with two attached hydrogens (primary N) is 2. The molecular weight excluding hydrogens is 1130 g/mol. The van der Waals surface area contributed by atoms with Crippen molar-refractivity contribution in [3.05, 3.63) is 236 Å². The maximum Gasteiger partial charge on any atom is 0.247 e. The number of fused-ring (bicyclic) bond motifs is 2. The molecule has 12 rings (SSSR count). The highest BCUT2D eigenvalue weighted by atomic mass is 19.1. The number of nitrogens with one attached hydrogen (secondary N) is 2. The first-order chi connectivity index (χ1) is 42.8. The fourth-order valence-corrected chi connectivity index (χ4v) is 7.85. The van der Waals surface area contributed by atoms with E-state index in [9.17, 15) is 13.2 Å². The molecule has 0 bridgehead atoms. The summed E-state index contributed by atoms with van der Waals surface area (Å²) in [5.41, 5.74) is 18.2. The standard InChI is InChI=1S/C20H16N4O2.2C19H17FN6O.C5H5FN2/c1-3-14-12-17-20(26-15-8-5-4-6-9-15)22-19(23-24(17)13-14)16-10-7-11-18(21-16)25-2;1-3-12-9-16-19(23-14-7-8-21-10-13(14)20)24-18(25-26(16)11-12)15-5-4-6-17(22-15)27-2;1-3-12-9-16(23-10-12)19(25-14-7-8-22-11-13(14)20)26-18(21)15-5-4-6-17(24-15)27-2;6-4-3-8-2-1-5(4)7/h3-13H,1H2,2H3;4-11H,3H2,1-2H3,(H,21,23,24,25);3-11,23H,1H2,2H3,(H2,21,22,25,26);1-3H,(H2,7,8). The van der Waals surface area contributed by atoms with Crippen LogP contribution in [-0.4, -0.2) is 97.1 Å². The molecule has 0 radical (unpaired) electrons. The average Bonchev–Trinajstić information content (AvgIpc) is 2.05. The number of aliphatic imine (C=N–C) groups is 2. The van der Waals surface area contributed by atoms with Gasteiger partial charge >= 0.3 is 0 Å². The molecule has 442 valence electrons. The summed E-state index contributed by atoms with van der Waals surface area (Å²) in [5, 5.41) is 12.2. The van der Waals surface area contributed by atoms with Crippen LogP contribution >= 0.6 is 0 Å². The Balaban J connectivity index is 0.000000147. The first-order valence-corrected chi connectivity index (χ1v) is 26.6. The highest BCUT2D eigenvalue weighted by molar-refractivity contribution is 6.10. The number of H-pyrrole nitrogens is 1. The van der Waals surface area contributed by atoms with Gasteiger partial charge < -0.3 is 40.7 Å². The van der Waals surface area contributed by atoms with Crippen molar-refractivity contribution in [3.63, 3.8) is 0 Å². The summed E-state index contributed by atoms with van der Waals surface area (Å²) < 4.78 is 65.1. The number of aromatic nitrogens is 13. The number of rotatable bonds is 15. The van der Waals surface area contributed by atoms with Gasteiger partial charge in [0.25, 0.3) is 0 Å². The number of aromatic amines is 1. The number of benzene rings is 1. The maximum absolute atomic E-state index is 14.1. The van der Waals surface area contributed by atoms with E-state index in [4.69, 9.17) is 30.4 Å². The summed E-state index contributed by atoms with van der Waals surface area (Å²) in [6, 6.07) is 35.5. The number of ether oxygens (including phenoxy) is 4. The Labute approximate surface area is 501 Å². The lowest BCUT2D eigenvalue weighted by molar-refractivity contribution is 0.397. The molecule has 0 aliphatic rings. The minimum Gasteiger partial charge on any atom is -0.481 e. The van der Waals surface area contributed by atoms with E-state index in [-0.39, 0.29) is 28.7 Å². The molecule has 0 fully saturated rings. The van der Waals surface area contributed by atoms with Crippen molar-refractivity contribution in [2.24, 2.45) is 15.7 Å². The van der Waals surface area contributed by atoms with Crippen molar-refractivity contribution < 1.29 is 32.1 Å². The second-order valence-corrected chi connectivity index (χ2v) is 18.2. The van der Waals surface area contributed by atoms with Gasteiger partial charge in [-0.25, -0.2) is 52.1 Å². The van der Waals surface area contributed by atoms with Crippen LogP contribution in [0.3, 0.4) is 0 Å². The third kappa shape index (κ3) is 15.3. The molecule has 0 amide bonds. The number of amidine groups is 2. The number of pyridine rings is 6. The minimum atomic E-state index is -0.571. The van der Waals surface area contributed by atoms with Gasteiger partial charge in [-0.1, -0.05) is 68.6 Å². The van der Waals surface area contributed by atoms with Gasteiger partial charge in [0.1, 0.15) is 39.6 Å². The van der Waals surface area contributed by atoms with E-state index in [0.717, 1.165) is 52.7 Å². The normalized spacial score (nSPS) is 11.0. The summed E-state index contributed by atoms with van der Waals surface area (Å²) >= 11 is 0. The first kappa shape index (κ1) is 60.4. The Hall–Kier alpha value is -12.2. The molecule has 0 aliphatic heterocycles. The zero-order chi connectivity index (χ0) is 61.9. The number of methoxy groups -OCH3 is 3. The van der Waals surface area contributed by atoms with Gasteiger partial charge in [0.15, 0.2) is 34.9 Å². The molecule has 0 unspecified atom stereocenters. The molecule has 12 aromatic rings. The highest BCUT2D eigenvalue weighted by Gasteiger charge is 2.17. The monoisotopic (exact) mass is 1180 g/mol. The SMILES string of the molecule is C=Cc1c[nH]c(C(N=C(N)c2cccc(OC)n2)=Nc2ccncc2F)c1.C=Cc1cc2c(Oc3ccccc3)nc(-c3cccc(OC)n3)nn2c1.CCc1cc2c(Nc3ccncc3F)nc(-c3cccc(OC)n3)nn2c1.Nc1ccncc1F. The zero-order valence-electron chi connectivity index (χ0n) is 47.7. The van der Waals surface area contributed by atoms with Crippen molar-refractivity contribution in [2.45, 2.75) is 13.3 Å². The van der Waals surface area contributed by atoms with Crippen LogP contribution in [0.4, 0.5) is 36.1 Å². The smallest absolute Gasteiger partial charge is 0.247 e. The molecule has 25 heteroatoms. The summed E-state index contributed by atoms with van der Waals surface area (Å²) in [5.74, 6) is 2.62. The Morgan fingerprint density at radius 2 is 1.26 bits per heavy atom. The first-order valence-electron chi connectivity index (χ1n) is 26.6. The van der Waals surface area contributed by atoms with Crippen molar-refractivity contribution in [1.29, 1.82) is 0 Å². The molecule has 0 spiro atoms. The number of hydrogen-bond acceptors (Lipinski definition) is 17. The van der Waals surface area contributed by atoms with Crippen molar-refractivity contribution >= 4 is 57.7 Å². The molecule has 0 atom stereocenters. The molecule has 11 heterocycles. The minimum absolute atomic E-state index is 0.0879. The number of para-hydroxylation sites is 1. The largest absolute Gasteiger partial charge is 0.481 e. The lowest BCUT2D eigenvalue weighted by Crippen LogP contribution is -2.18. The maximum atomic E-state index is 14.1. The van der Waals surface area contributed by atoms with Crippen LogP contribution in [0.5, 0.6) is 29.3 Å². The molecule has 88 heavy (non-hydrogen) atoms. The quantitative estimate of drug-likeness (QED) is 0.0548. The summed E-state index contributed by atoms with van der Waals surface area (Å²) in [4.78, 5) is 44.9. The molecule has 0 saturated heterocycles. The number of nitrogens with zero attached hydrogens (tertiary/aromatic N) is 14. The molecule has 6 N–H and O–H groups in total. The van der Waals surface area contributed by atoms with Gasteiger partial charge in [0.2, 0.25) is 35.2 Å². The van der Waals surface area contributed by atoms with Crippen LogP contribution < -0.4 is 35.7 Å². The van der Waals surface area contributed by atoms with Gasteiger partial charge in [-0.05, 0) is 89.8 Å². The molecule has 0 aliphatic carbocycles. The van der Waals surface area contributed by atoms with Crippen molar-refractivity contribution in [3.8, 4) is 52.3 Å². The Morgan fingerprint density at radius 1 is 0.648 bits per heavy atom. The summed E-state index contributed by atoms with van der Waals surface area (Å²) in [6.07, 6.45) is 17.5. The van der Waals surface area contributed by atoms with E-state index in [0.29, 0.717) is 69.5 Å². The number of hydrogen-bond donors (Lipinski definition) is 4. The van der Waals surface area contributed by atoms with Crippen LogP contribution in [0, 0.1) is 17.5 Å². The molecule has 1 aromatic carbocycles. The van der Waals surface area contributed by atoms with E-state index < -0.39 is 17.5 Å². The van der Waals surface area contributed by atoms with Crippen molar-refractivity contribution in [2.75, 3.05) is 32.4 Å². The lowest BCUT2D eigenvalue weighted by atomic mass is 10.2. The fraction of sp³-hybridized carbons (Fsp3) is 0.0794. The third-order valence-corrected chi connectivity index (χ3v) is 12.3. The fourth-order valence-electron chi connectivity index (χ4n) is 7.85. The third-order valence-electron chi connectivity index (χ3n) is 12.3. The average molecular weight is 1190 g/mol. The van der Waals surface area contributed by atoms with Crippen LogP contribution in [0.25, 0.3) is 46.2 Å². The molecule has 22 nitrogen and oxygen atoms in total. The Morgan fingerprint density at radius 3 is 1.86 bits per heavy atom.